The van der Waals surface area contributed by atoms with Gasteiger partial charge in [-0.05, 0) is 50.0 Å². The van der Waals surface area contributed by atoms with E-state index in [1.807, 2.05) is 24.3 Å². The lowest BCUT2D eigenvalue weighted by atomic mass is 9.98. The summed E-state index contributed by atoms with van der Waals surface area (Å²) in [5.74, 6) is 0.572. The van der Waals surface area contributed by atoms with Crippen LogP contribution >= 0.6 is 15.9 Å². The summed E-state index contributed by atoms with van der Waals surface area (Å²) in [4.78, 5) is 14.2. The number of rotatable bonds is 4. The summed E-state index contributed by atoms with van der Waals surface area (Å²) in [7, 11) is 0. The van der Waals surface area contributed by atoms with E-state index in [2.05, 4.69) is 26.1 Å². The SMILES string of the molecule is NCC1CCCN(CC(=O)Nc2cccc(Br)c2)C1. The van der Waals surface area contributed by atoms with Gasteiger partial charge in [-0.1, -0.05) is 22.0 Å². The Kier molecular flexibility index (Phi) is 5.36. The van der Waals surface area contributed by atoms with E-state index < -0.39 is 0 Å². The molecule has 1 amide bonds. The molecule has 1 atom stereocenters. The van der Waals surface area contributed by atoms with E-state index in [1.54, 1.807) is 0 Å². The lowest BCUT2D eigenvalue weighted by Gasteiger charge is -2.31. The van der Waals surface area contributed by atoms with Crippen molar-refractivity contribution < 1.29 is 4.79 Å². The highest BCUT2D eigenvalue weighted by molar-refractivity contribution is 9.10. The van der Waals surface area contributed by atoms with Gasteiger partial charge in [0.25, 0.3) is 0 Å². The number of hydrogen-bond donors (Lipinski definition) is 2. The molecule has 0 aliphatic carbocycles. The number of anilines is 1. The molecule has 1 aliphatic heterocycles. The van der Waals surface area contributed by atoms with E-state index >= 15 is 0 Å². The zero-order valence-corrected chi connectivity index (χ0v) is 12.5. The van der Waals surface area contributed by atoms with Crippen LogP contribution < -0.4 is 11.1 Å². The maximum Gasteiger partial charge on any atom is 0.238 e. The first-order chi connectivity index (χ1) is 9.17. The van der Waals surface area contributed by atoms with Crippen molar-refractivity contribution in [3.8, 4) is 0 Å². The molecule has 0 bridgehead atoms. The number of nitrogens with zero attached hydrogens (tertiary/aromatic N) is 1. The quantitative estimate of drug-likeness (QED) is 0.890. The van der Waals surface area contributed by atoms with Crippen molar-refractivity contribution in [2.24, 2.45) is 11.7 Å². The highest BCUT2D eigenvalue weighted by atomic mass is 79.9. The van der Waals surface area contributed by atoms with Crippen LogP contribution in [0.5, 0.6) is 0 Å². The molecular weight excluding hydrogens is 306 g/mol. The number of likely N-dealkylation sites (tertiary alicyclic amines) is 1. The molecule has 1 fully saturated rings. The summed E-state index contributed by atoms with van der Waals surface area (Å²) in [5, 5.41) is 2.92. The van der Waals surface area contributed by atoms with Gasteiger partial charge in [-0.3, -0.25) is 9.69 Å². The van der Waals surface area contributed by atoms with E-state index in [9.17, 15) is 4.79 Å². The Morgan fingerprint density at radius 3 is 3.11 bits per heavy atom. The predicted molar refractivity (Wildman–Crippen MR) is 81.0 cm³/mol. The number of carbonyl (C=O) groups excluding carboxylic acids is 1. The van der Waals surface area contributed by atoms with Gasteiger partial charge < -0.3 is 11.1 Å². The molecule has 1 heterocycles. The van der Waals surface area contributed by atoms with Gasteiger partial charge >= 0.3 is 0 Å². The third-order valence-electron chi connectivity index (χ3n) is 3.41. The number of halogens is 1. The molecule has 1 unspecified atom stereocenters. The molecule has 5 heteroatoms. The molecule has 0 saturated carbocycles. The van der Waals surface area contributed by atoms with Crippen LogP contribution in [-0.4, -0.2) is 37.0 Å². The van der Waals surface area contributed by atoms with E-state index in [1.165, 1.54) is 6.42 Å². The van der Waals surface area contributed by atoms with Crippen LogP contribution in [0.4, 0.5) is 5.69 Å². The van der Waals surface area contributed by atoms with E-state index in [0.717, 1.165) is 29.7 Å². The monoisotopic (exact) mass is 325 g/mol. The number of hydrogen-bond acceptors (Lipinski definition) is 3. The van der Waals surface area contributed by atoms with Crippen molar-refractivity contribution >= 4 is 27.5 Å². The predicted octanol–water partition coefficient (Wildman–Crippen LogP) is 2.06. The molecule has 1 aromatic rings. The van der Waals surface area contributed by atoms with Crippen molar-refractivity contribution in [3.05, 3.63) is 28.7 Å². The van der Waals surface area contributed by atoms with Crippen molar-refractivity contribution in [2.45, 2.75) is 12.8 Å². The maximum atomic E-state index is 12.0. The summed E-state index contributed by atoms with van der Waals surface area (Å²) in [6.07, 6.45) is 2.31. The largest absolute Gasteiger partial charge is 0.330 e. The molecular formula is C14H20BrN3O. The van der Waals surface area contributed by atoms with Crippen LogP contribution in [0.25, 0.3) is 0 Å². The third-order valence-corrected chi connectivity index (χ3v) is 3.91. The minimum atomic E-state index is 0.0378. The summed E-state index contributed by atoms with van der Waals surface area (Å²) >= 11 is 3.39. The average molecular weight is 326 g/mol. The Bertz CT molecular complexity index is 438. The van der Waals surface area contributed by atoms with Crippen LogP contribution in [-0.2, 0) is 4.79 Å². The van der Waals surface area contributed by atoms with Gasteiger partial charge in [0.05, 0.1) is 6.54 Å². The second kappa shape index (κ2) is 7.03. The summed E-state index contributed by atoms with van der Waals surface area (Å²) in [5.41, 5.74) is 6.53. The average Bonchev–Trinajstić information content (AvgIpc) is 2.38. The number of amides is 1. The zero-order chi connectivity index (χ0) is 13.7. The molecule has 3 N–H and O–H groups in total. The van der Waals surface area contributed by atoms with Crippen molar-refractivity contribution in [3.63, 3.8) is 0 Å². The second-order valence-corrected chi connectivity index (χ2v) is 5.95. The molecule has 2 rings (SSSR count). The van der Waals surface area contributed by atoms with Gasteiger partial charge in [-0.25, -0.2) is 0 Å². The van der Waals surface area contributed by atoms with Crippen LogP contribution in [0.1, 0.15) is 12.8 Å². The van der Waals surface area contributed by atoms with Gasteiger partial charge in [-0.2, -0.15) is 0 Å². The lowest BCUT2D eigenvalue weighted by molar-refractivity contribution is -0.117. The number of carbonyl (C=O) groups is 1. The zero-order valence-electron chi connectivity index (χ0n) is 10.9. The fourth-order valence-corrected chi connectivity index (χ4v) is 2.86. The Morgan fingerprint density at radius 2 is 2.37 bits per heavy atom. The van der Waals surface area contributed by atoms with Crippen LogP contribution in [0.15, 0.2) is 28.7 Å². The Morgan fingerprint density at radius 1 is 1.53 bits per heavy atom. The van der Waals surface area contributed by atoms with Crippen LogP contribution in [0.2, 0.25) is 0 Å². The lowest BCUT2D eigenvalue weighted by Crippen LogP contribution is -2.42. The van der Waals surface area contributed by atoms with E-state index in [-0.39, 0.29) is 5.91 Å². The van der Waals surface area contributed by atoms with Crippen LogP contribution in [0.3, 0.4) is 0 Å². The smallest absolute Gasteiger partial charge is 0.238 e. The molecule has 1 aliphatic rings. The molecule has 19 heavy (non-hydrogen) atoms. The first-order valence-corrected chi connectivity index (χ1v) is 7.44. The van der Waals surface area contributed by atoms with Gasteiger partial charge in [0, 0.05) is 16.7 Å². The highest BCUT2D eigenvalue weighted by Gasteiger charge is 2.20. The Labute approximate surface area is 122 Å². The summed E-state index contributed by atoms with van der Waals surface area (Å²) in [6, 6.07) is 7.63. The molecule has 4 nitrogen and oxygen atoms in total. The van der Waals surface area contributed by atoms with Gasteiger partial charge in [0.15, 0.2) is 0 Å². The fraction of sp³-hybridized carbons (Fsp3) is 0.500. The number of benzene rings is 1. The number of nitrogens with one attached hydrogen (secondary N) is 1. The molecule has 0 spiro atoms. The molecule has 0 radical (unpaired) electrons. The fourth-order valence-electron chi connectivity index (χ4n) is 2.46. The van der Waals surface area contributed by atoms with Gasteiger partial charge in [-0.15, -0.1) is 0 Å². The first-order valence-electron chi connectivity index (χ1n) is 6.65. The standard InChI is InChI=1S/C14H20BrN3O/c15-12-4-1-5-13(7-12)17-14(19)10-18-6-2-3-11(8-16)9-18/h1,4-5,7,11H,2-3,6,8-10,16H2,(H,17,19). The maximum absolute atomic E-state index is 12.0. The Balaban J connectivity index is 1.84. The Hall–Kier alpha value is -0.910. The van der Waals surface area contributed by atoms with Crippen molar-refractivity contribution in [1.82, 2.24) is 4.90 Å². The molecule has 0 aromatic heterocycles. The third kappa shape index (κ3) is 4.60. The highest BCUT2D eigenvalue weighted by Crippen LogP contribution is 2.17. The normalized spacial score (nSPS) is 20.2. The second-order valence-electron chi connectivity index (χ2n) is 5.04. The van der Waals surface area contributed by atoms with E-state index in [0.29, 0.717) is 19.0 Å². The molecule has 104 valence electrons. The van der Waals surface area contributed by atoms with Gasteiger partial charge in [0.2, 0.25) is 5.91 Å². The minimum absolute atomic E-state index is 0.0378. The number of piperidine rings is 1. The summed E-state index contributed by atoms with van der Waals surface area (Å²) < 4.78 is 0.964. The van der Waals surface area contributed by atoms with Crippen LogP contribution in [0, 0.1) is 5.92 Å². The first kappa shape index (κ1) is 14.5. The van der Waals surface area contributed by atoms with E-state index in [4.69, 9.17) is 5.73 Å². The van der Waals surface area contributed by atoms with Crippen molar-refractivity contribution in [1.29, 1.82) is 0 Å². The summed E-state index contributed by atoms with van der Waals surface area (Å²) in [6.45, 7) is 3.08. The minimum Gasteiger partial charge on any atom is -0.330 e. The topological polar surface area (TPSA) is 58.4 Å². The molecule has 1 saturated heterocycles. The molecule has 1 aromatic carbocycles. The van der Waals surface area contributed by atoms with Gasteiger partial charge in [0.1, 0.15) is 0 Å². The van der Waals surface area contributed by atoms with Crippen molar-refractivity contribution in [2.75, 3.05) is 31.5 Å². The number of nitrogens with two attached hydrogens (primary N) is 1.